The number of hydrogen-bond donors (Lipinski definition) is 1. The molecule has 0 bridgehead atoms. The maximum absolute atomic E-state index is 12.9. The van der Waals surface area contributed by atoms with Crippen LogP contribution in [0.15, 0.2) is 35.4 Å². The molecular weight excluding hydrogens is 374 g/mol. The van der Waals surface area contributed by atoms with Gasteiger partial charge < -0.3 is 10.2 Å². The van der Waals surface area contributed by atoms with E-state index in [9.17, 15) is 9.59 Å². The average molecular weight is 398 g/mol. The number of nitrogens with one attached hydrogen (secondary N) is 1. The van der Waals surface area contributed by atoms with Gasteiger partial charge in [0.05, 0.1) is 6.54 Å². The molecule has 0 aliphatic carbocycles. The van der Waals surface area contributed by atoms with E-state index in [0.717, 1.165) is 36.6 Å². The van der Waals surface area contributed by atoms with Crippen LogP contribution in [0.2, 0.25) is 0 Å². The number of rotatable bonds is 4. The zero-order chi connectivity index (χ0) is 19.7. The molecule has 7 nitrogen and oxygen atoms in total. The Morgan fingerprint density at radius 3 is 2.82 bits per heavy atom. The van der Waals surface area contributed by atoms with Crippen LogP contribution in [-0.2, 0) is 11.3 Å². The first kappa shape index (κ1) is 18.6. The zero-order valence-electron chi connectivity index (χ0n) is 16.0. The van der Waals surface area contributed by atoms with Crippen molar-refractivity contribution in [1.29, 1.82) is 0 Å². The van der Waals surface area contributed by atoms with Crippen LogP contribution in [0.4, 0.5) is 5.13 Å². The van der Waals surface area contributed by atoms with E-state index in [1.807, 2.05) is 25.1 Å². The number of piperidine rings is 1. The molecule has 8 heteroatoms. The van der Waals surface area contributed by atoms with Crippen molar-refractivity contribution in [2.24, 2.45) is 5.92 Å². The summed E-state index contributed by atoms with van der Waals surface area (Å²) in [5.41, 5.74) is 2.68. The second-order valence-electron chi connectivity index (χ2n) is 7.19. The van der Waals surface area contributed by atoms with E-state index in [-0.39, 0.29) is 17.4 Å². The molecule has 3 heterocycles. The summed E-state index contributed by atoms with van der Waals surface area (Å²) in [6.45, 7) is 4.05. The summed E-state index contributed by atoms with van der Waals surface area (Å²) >= 11 is 1.39. The molecule has 0 saturated carbocycles. The zero-order valence-corrected chi connectivity index (χ0v) is 16.8. The predicted molar refractivity (Wildman–Crippen MR) is 111 cm³/mol. The molecular formula is C20H23N5O2S. The second kappa shape index (κ2) is 7.71. The summed E-state index contributed by atoms with van der Waals surface area (Å²) in [6.07, 6.45) is 3.16. The molecule has 1 amide bonds. The highest BCUT2D eigenvalue weighted by Crippen LogP contribution is 2.29. The number of fused-ring (bicyclic) bond motifs is 1. The van der Waals surface area contributed by atoms with Crippen LogP contribution in [0.1, 0.15) is 24.0 Å². The van der Waals surface area contributed by atoms with E-state index >= 15 is 0 Å². The number of aryl methyl sites for hydroxylation is 1. The summed E-state index contributed by atoms with van der Waals surface area (Å²) in [6, 6.07) is 8.12. The van der Waals surface area contributed by atoms with Gasteiger partial charge in [-0.1, -0.05) is 41.2 Å². The Kier molecular flexibility index (Phi) is 5.13. The molecule has 1 aliphatic heterocycles. The van der Waals surface area contributed by atoms with Gasteiger partial charge in [-0.2, -0.15) is 4.98 Å². The van der Waals surface area contributed by atoms with Crippen LogP contribution >= 0.6 is 11.3 Å². The summed E-state index contributed by atoms with van der Waals surface area (Å²) < 4.78 is 2.22. The average Bonchev–Trinajstić information content (AvgIpc) is 3.15. The molecule has 1 aliphatic rings. The molecule has 0 unspecified atom stereocenters. The lowest BCUT2D eigenvalue weighted by Gasteiger charge is -2.30. The van der Waals surface area contributed by atoms with E-state index in [4.69, 9.17) is 0 Å². The molecule has 28 heavy (non-hydrogen) atoms. The maximum Gasteiger partial charge on any atom is 0.273 e. The molecule has 1 N–H and O–H groups in total. The van der Waals surface area contributed by atoms with Gasteiger partial charge in [0, 0.05) is 26.1 Å². The number of hydrogen-bond acceptors (Lipinski definition) is 6. The Hall–Kier alpha value is -2.74. The molecule has 0 atom stereocenters. The predicted octanol–water partition coefficient (Wildman–Crippen LogP) is 2.17. The topological polar surface area (TPSA) is 80.1 Å². The van der Waals surface area contributed by atoms with Gasteiger partial charge in [0.2, 0.25) is 5.91 Å². The molecule has 3 aromatic rings. The van der Waals surface area contributed by atoms with Crippen molar-refractivity contribution in [3.05, 3.63) is 52.1 Å². The first-order valence-electron chi connectivity index (χ1n) is 9.43. The van der Waals surface area contributed by atoms with Gasteiger partial charge >= 0.3 is 0 Å². The quantitative estimate of drug-likeness (QED) is 0.730. The Balaban J connectivity index is 1.56. The fourth-order valence-electron chi connectivity index (χ4n) is 3.63. The standard InChI is InChI=1S/C20H23N5O2S/c1-13-4-3-5-14(10-13)11-25-12-22-17-16(19(25)27)28-20(23-17)24-8-6-15(7-9-24)18(26)21-2/h3-5,10,12,15H,6-9,11H2,1-2H3,(H,21,26). The van der Waals surface area contributed by atoms with Crippen molar-refractivity contribution in [3.8, 4) is 0 Å². The Labute approximate surface area is 167 Å². The number of carbonyl (C=O) groups excluding carboxylic acids is 1. The van der Waals surface area contributed by atoms with Crippen molar-refractivity contribution in [2.75, 3.05) is 25.0 Å². The van der Waals surface area contributed by atoms with Gasteiger partial charge in [0.25, 0.3) is 5.56 Å². The van der Waals surface area contributed by atoms with Crippen LogP contribution in [0.25, 0.3) is 10.3 Å². The fourth-order valence-corrected chi connectivity index (χ4v) is 4.65. The summed E-state index contributed by atoms with van der Waals surface area (Å²) in [7, 11) is 1.68. The second-order valence-corrected chi connectivity index (χ2v) is 8.17. The van der Waals surface area contributed by atoms with Crippen molar-refractivity contribution in [1.82, 2.24) is 19.9 Å². The highest BCUT2D eigenvalue weighted by atomic mass is 32.1. The van der Waals surface area contributed by atoms with E-state index in [0.29, 0.717) is 16.9 Å². The largest absolute Gasteiger partial charge is 0.359 e. The van der Waals surface area contributed by atoms with Crippen molar-refractivity contribution in [2.45, 2.75) is 26.3 Å². The van der Waals surface area contributed by atoms with E-state index in [1.54, 1.807) is 17.9 Å². The molecule has 4 rings (SSSR count). The fraction of sp³-hybridized carbons (Fsp3) is 0.400. The molecule has 146 valence electrons. The third-order valence-corrected chi connectivity index (χ3v) is 6.28. The minimum atomic E-state index is -0.0597. The van der Waals surface area contributed by atoms with Crippen molar-refractivity contribution in [3.63, 3.8) is 0 Å². The lowest BCUT2D eigenvalue weighted by molar-refractivity contribution is -0.125. The molecule has 0 spiro atoms. The Morgan fingerprint density at radius 1 is 1.32 bits per heavy atom. The van der Waals surface area contributed by atoms with Crippen LogP contribution in [-0.4, -0.2) is 40.6 Å². The smallest absolute Gasteiger partial charge is 0.273 e. The molecule has 2 aromatic heterocycles. The third-order valence-electron chi connectivity index (χ3n) is 5.19. The minimum absolute atomic E-state index is 0.0558. The number of thiazole rings is 1. The van der Waals surface area contributed by atoms with Crippen LogP contribution in [0.5, 0.6) is 0 Å². The van der Waals surface area contributed by atoms with Crippen molar-refractivity contribution < 1.29 is 4.79 Å². The molecule has 1 fully saturated rings. The van der Waals surface area contributed by atoms with E-state index in [1.165, 1.54) is 16.9 Å². The molecule has 0 radical (unpaired) electrons. The van der Waals surface area contributed by atoms with Gasteiger partial charge in [0.15, 0.2) is 10.8 Å². The van der Waals surface area contributed by atoms with Gasteiger partial charge in [-0.15, -0.1) is 0 Å². The van der Waals surface area contributed by atoms with Gasteiger partial charge in [-0.25, -0.2) is 4.98 Å². The summed E-state index contributed by atoms with van der Waals surface area (Å²) in [4.78, 5) is 35.8. The van der Waals surface area contributed by atoms with E-state index in [2.05, 4.69) is 26.3 Å². The number of anilines is 1. The number of benzene rings is 1. The van der Waals surface area contributed by atoms with Crippen molar-refractivity contribution >= 4 is 32.7 Å². The van der Waals surface area contributed by atoms with Gasteiger partial charge in [-0.3, -0.25) is 14.2 Å². The first-order valence-corrected chi connectivity index (χ1v) is 10.2. The van der Waals surface area contributed by atoms with Crippen LogP contribution in [0.3, 0.4) is 0 Å². The number of amides is 1. The Bertz CT molecular complexity index is 1070. The molecule has 1 saturated heterocycles. The number of aromatic nitrogens is 3. The minimum Gasteiger partial charge on any atom is -0.359 e. The maximum atomic E-state index is 12.9. The summed E-state index contributed by atoms with van der Waals surface area (Å²) in [5.74, 6) is 0.157. The number of nitrogens with zero attached hydrogens (tertiary/aromatic N) is 4. The van der Waals surface area contributed by atoms with Gasteiger partial charge in [0.1, 0.15) is 11.0 Å². The number of carbonyl (C=O) groups is 1. The monoisotopic (exact) mass is 397 g/mol. The Morgan fingerprint density at radius 2 is 2.11 bits per heavy atom. The normalized spacial score (nSPS) is 15.1. The third kappa shape index (κ3) is 3.64. The lowest BCUT2D eigenvalue weighted by atomic mass is 9.96. The SMILES string of the molecule is CNC(=O)C1CCN(c2nc3ncn(Cc4cccc(C)c4)c(=O)c3s2)CC1. The lowest BCUT2D eigenvalue weighted by Crippen LogP contribution is -2.39. The molecule has 1 aromatic carbocycles. The first-order chi connectivity index (χ1) is 13.5. The highest BCUT2D eigenvalue weighted by Gasteiger charge is 2.26. The van der Waals surface area contributed by atoms with E-state index < -0.39 is 0 Å². The highest BCUT2D eigenvalue weighted by molar-refractivity contribution is 7.22. The van der Waals surface area contributed by atoms with Gasteiger partial charge in [-0.05, 0) is 25.3 Å². The summed E-state index contributed by atoms with van der Waals surface area (Å²) in [5, 5.41) is 3.53. The van der Waals surface area contributed by atoms with Crippen LogP contribution < -0.4 is 15.8 Å². The van der Waals surface area contributed by atoms with Crippen LogP contribution in [0, 0.1) is 12.8 Å².